The van der Waals surface area contributed by atoms with E-state index in [-0.39, 0.29) is 12.2 Å². The normalized spacial score (nSPS) is 36.8. The lowest BCUT2D eigenvalue weighted by Gasteiger charge is -2.46. The van der Waals surface area contributed by atoms with Crippen LogP contribution >= 0.6 is 0 Å². The van der Waals surface area contributed by atoms with Gasteiger partial charge in [-0.2, -0.15) is 0 Å². The van der Waals surface area contributed by atoms with Gasteiger partial charge in [-0.25, -0.2) is 0 Å². The molecule has 0 bridgehead atoms. The number of likely N-dealkylation sites (tertiary alicyclic amines) is 1. The third-order valence-electron chi connectivity index (χ3n) is 3.82. The van der Waals surface area contributed by atoms with E-state index in [1.165, 1.54) is 0 Å². The van der Waals surface area contributed by atoms with Gasteiger partial charge >= 0.3 is 0 Å². The average Bonchev–Trinajstić information content (AvgIpc) is 2.29. The highest BCUT2D eigenvalue weighted by Crippen LogP contribution is 2.34. The van der Waals surface area contributed by atoms with Crippen molar-refractivity contribution in [3.63, 3.8) is 0 Å². The number of β-amino-alcohol motifs (C(OH)–C–C–N with tert-alkyl or cyclic N) is 1. The number of piperidine rings is 1. The van der Waals surface area contributed by atoms with E-state index >= 15 is 0 Å². The minimum Gasteiger partial charge on any atom is -0.395 e. The summed E-state index contributed by atoms with van der Waals surface area (Å²) in [6.45, 7) is 3.86. The van der Waals surface area contributed by atoms with E-state index in [1.54, 1.807) is 7.11 Å². The van der Waals surface area contributed by atoms with Gasteiger partial charge in [0.05, 0.1) is 18.3 Å². The molecule has 2 heterocycles. The Labute approximate surface area is 97.5 Å². The molecule has 0 aliphatic carbocycles. The second kappa shape index (κ2) is 5.45. The minimum atomic E-state index is -0.00759. The maximum absolute atomic E-state index is 9.00. The van der Waals surface area contributed by atoms with Crippen LogP contribution in [-0.4, -0.2) is 61.7 Å². The Kier molecular flexibility index (Phi) is 4.19. The SMILES string of the molecule is CO[C@H]1CCO[C@]2(CCCN(CCO)C2)C1. The number of nitrogens with zero attached hydrogens (tertiary/aromatic N) is 1. The standard InChI is InChI=1S/C12H23NO3/c1-15-11-3-8-16-12(9-11)4-2-5-13(10-12)6-7-14/h11,14H,2-10H2,1H3/t11-,12+/m0/s1. The van der Waals surface area contributed by atoms with E-state index in [1.807, 2.05) is 0 Å². The highest BCUT2D eigenvalue weighted by molar-refractivity contribution is 4.93. The molecule has 2 aliphatic heterocycles. The summed E-state index contributed by atoms with van der Waals surface area (Å²) in [5.41, 5.74) is -0.00759. The van der Waals surface area contributed by atoms with Crippen molar-refractivity contribution in [1.29, 1.82) is 0 Å². The van der Waals surface area contributed by atoms with Gasteiger partial charge in [-0.05, 0) is 25.8 Å². The van der Waals surface area contributed by atoms with Crippen molar-refractivity contribution >= 4 is 0 Å². The molecule has 0 saturated carbocycles. The van der Waals surface area contributed by atoms with Crippen LogP contribution in [0.3, 0.4) is 0 Å². The van der Waals surface area contributed by atoms with Crippen LogP contribution in [-0.2, 0) is 9.47 Å². The van der Waals surface area contributed by atoms with Crippen LogP contribution in [0.4, 0.5) is 0 Å². The van der Waals surface area contributed by atoms with Gasteiger partial charge in [-0.15, -0.1) is 0 Å². The zero-order valence-electron chi connectivity index (χ0n) is 10.2. The van der Waals surface area contributed by atoms with Crippen molar-refractivity contribution in [3.8, 4) is 0 Å². The highest BCUT2D eigenvalue weighted by Gasteiger charge is 2.40. The molecular formula is C12H23NO3. The number of aliphatic hydroxyl groups excluding tert-OH is 1. The molecule has 1 spiro atoms. The average molecular weight is 229 g/mol. The number of methoxy groups -OCH3 is 1. The molecule has 0 aromatic rings. The molecule has 1 N–H and O–H groups in total. The third kappa shape index (κ3) is 2.74. The number of ether oxygens (including phenoxy) is 2. The van der Waals surface area contributed by atoms with Crippen molar-refractivity contribution in [3.05, 3.63) is 0 Å². The Morgan fingerprint density at radius 2 is 2.44 bits per heavy atom. The monoisotopic (exact) mass is 229 g/mol. The summed E-state index contributed by atoms with van der Waals surface area (Å²) in [4.78, 5) is 2.31. The first-order valence-corrected chi connectivity index (χ1v) is 6.28. The molecule has 0 aromatic carbocycles. The molecule has 16 heavy (non-hydrogen) atoms. The Balaban J connectivity index is 1.94. The first kappa shape index (κ1) is 12.3. The smallest absolute Gasteiger partial charge is 0.0833 e. The largest absolute Gasteiger partial charge is 0.395 e. The molecule has 4 heteroatoms. The van der Waals surface area contributed by atoms with Crippen molar-refractivity contribution < 1.29 is 14.6 Å². The molecule has 2 aliphatic rings. The summed E-state index contributed by atoms with van der Waals surface area (Å²) in [7, 11) is 1.79. The number of hydrogen-bond donors (Lipinski definition) is 1. The van der Waals surface area contributed by atoms with Gasteiger partial charge in [0.25, 0.3) is 0 Å². The molecule has 2 rings (SSSR count). The zero-order valence-corrected chi connectivity index (χ0v) is 10.2. The first-order chi connectivity index (χ1) is 7.78. The Hall–Kier alpha value is -0.160. The quantitative estimate of drug-likeness (QED) is 0.771. The molecule has 94 valence electrons. The fourth-order valence-electron chi connectivity index (χ4n) is 2.99. The van der Waals surface area contributed by atoms with Crippen molar-refractivity contribution in [1.82, 2.24) is 4.90 Å². The fourth-order valence-corrected chi connectivity index (χ4v) is 2.99. The second-order valence-corrected chi connectivity index (χ2v) is 4.99. The lowest BCUT2D eigenvalue weighted by molar-refractivity contribution is -0.153. The zero-order chi connectivity index (χ0) is 11.4. The topological polar surface area (TPSA) is 41.9 Å². The summed E-state index contributed by atoms with van der Waals surface area (Å²) in [5.74, 6) is 0. The molecule has 2 atom stereocenters. The number of hydrogen-bond acceptors (Lipinski definition) is 4. The minimum absolute atomic E-state index is 0.00759. The van der Waals surface area contributed by atoms with Crippen LogP contribution in [0.25, 0.3) is 0 Å². The van der Waals surface area contributed by atoms with Crippen LogP contribution in [0.1, 0.15) is 25.7 Å². The van der Waals surface area contributed by atoms with Crippen LogP contribution < -0.4 is 0 Å². The molecular weight excluding hydrogens is 206 g/mol. The van der Waals surface area contributed by atoms with Crippen molar-refractivity contribution in [2.75, 3.05) is 40.0 Å². The fraction of sp³-hybridized carbons (Fsp3) is 1.00. The highest BCUT2D eigenvalue weighted by atomic mass is 16.5. The van der Waals surface area contributed by atoms with Gasteiger partial charge in [-0.3, -0.25) is 4.90 Å². The van der Waals surface area contributed by atoms with Crippen LogP contribution in [0.5, 0.6) is 0 Å². The van der Waals surface area contributed by atoms with E-state index < -0.39 is 0 Å². The Morgan fingerprint density at radius 3 is 3.19 bits per heavy atom. The molecule has 2 saturated heterocycles. The number of rotatable bonds is 3. The molecule has 0 aromatic heterocycles. The van der Waals surface area contributed by atoms with E-state index in [0.717, 1.165) is 51.9 Å². The molecule has 0 unspecified atom stereocenters. The van der Waals surface area contributed by atoms with E-state index in [2.05, 4.69) is 4.90 Å². The molecule has 2 fully saturated rings. The molecule has 0 amide bonds. The lowest BCUT2D eigenvalue weighted by Crippen LogP contribution is -2.54. The third-order valence-corrected chi connectivity index (χ3v) is 3.82. The first-order valence-electron chi connectivity index (χ1n) is 6.28. The van der Waals surface area contributed by atoms with Gasteiger partial charge in [0.15, 0.2) is 0 Å². The predicted octanol–water partition coefficient (Wildman–Crippen LogP) is 0.639. The summed E-state index contributed by atoms with van der Waals surface area (Å²) in [6, 6.07) is 0. The summed E-state index contributed by atoms with van der Waals surface area (Å²) in [6.07, 6.45) is 4.66. The molecule has 4 nitrogen and oxygen atoms in total. The Morgan fingerprint density at radius 1 is 1.56 bits per heavy atom. The number of aliphatic hydroxyl groups is 1. The van der Waals surface area contributed by atoms with E-state index in [9.17, 15) is 0 Å². The summed E-state index contributed by atoms with van der Waals surface area (Å²) >= 11 is 0. The maximum atomic E-state index is 9.00. The second-order valence-electron chi connectivity index (χ2n) is 4.99. The van der Waals surface area contributed by atoms with Crippen LogP contribution in [0.15, 0.2) is 0 Å². The van der Waals surface area contributed by atoms with Gasteiger partial charge < -0.3 is 14.6 Å². The van der Waals surface area contributed by atoms with Crippen LogP contribution in [0.2, 0.25) is 0 Å². The summed E-state index contributed by atoms with van der Waals surface area (Å²) < 4.78 is 11.5. The molecule has 0 radical (unpaired) electrons. The van der Waals surface area contributed by atoms with E-state index in [0.29, 0.717) is 6.10 Å². The lowest BCUT2D eigenvalue weighted by atomic mass is 9.84. The van der Waals surface area contributed by atoms with Gasteiger partial charge in [-0.1, -0.05) is 0 Å². The van der Waals surface area contributed by atoms with E-state index in [4.69, 9.17) is 14.6 Å². The van der Waals surface area contributed by atoms with Crippen LogP contribution in [0, 0.1) is 0 Å². The predicted molar refractivity (Wildman–Crippen MR) is 61.5 cm³/mol. The van der Waals surface area contributed by atoms with Gasteiger partial charge in [0.1, 0.15) is 0 Å². The van der Waals surface area contributed by atoms with Gasteiger partial charge in [0, 0.05) is 33.2 Å². The van der Waals surface area contributed by atoms with Gasteiger partial charge in [0.2, 0.25) is 0 Å². The van der Waals surface area contributed by atoms with Crippen molar-refractivity contribution in [2.45, 2.75) is 37.4 Å². The Bertz CT molecular complexity index is 218. The maximum Gasteiger partial charge on any atom is 0.0833 e. The summed E-state index contributed by atoms with van der Waals surface area (Å²) in [5, 5.41) is 9.00. The van der Waals surface area contributed by atoms with Crippen molar-refractivity contribution in [2.24, 2.45) is 0 Å².